The lowest BCUT2D eigenvalue weighted by Gasteiger charge is -2.27. The van der Waals surface area contributed by atoms with E-state index < -0.39 is 21.6 Å². The van der Waals surface area contributed by atoms with Crippen LogP contribution in [-0.2, 0) is 19.6 Å². The Balaban J connectivity index is 4.60. The summed E-state index contributed by atoms with van der Waals surface area (Å²) < 4.78 is 29.3. The number of methoxy groups -OCH3 is 1. The van der Waals surface area contributed by atoms with E-state index in [9.17, 15) is 18.3 Å². The number of esters is 1. The molecule has 0 aliphatic rings. The molecule has 6 nitrogen and oxygen atoms in total. The zero-order chi connectivity index (χ0) is 13.7. The van der Waals surface area contributed by atoms with Crippen LogP contribution in [0.25, 0.3) is 0 Å². The first kappa shape index (κ1) is 16.3. The van der Waals surface area contributed by atoms with Crippen LogP contribution in [0.5, 0.6) is 0 Å². The standard InChI is InChI=1S/C10H21NO5S/c1-5-11(8-10(2,3)13)17(14,15)7-6-9(12)16-4/h13H,5-8H2,1-4H3. The first-order valence-corrected chi connectivity index (χ1v) is 7.00. The summed E-state index contributed by atoms with van der Waals surface area (Å²) in [5.74, 6) is -0.864. The second-order valence-corrected chi connectivity index (χ2v) is 6.47. The molecular formula is C10H21NO5S. The lowest BCUT2D eigenvalue weighted by Crippen LogP contribution is -2.43. The Morgan fingerprint density at radius 1 is 1.41 bits per heavy atom. The van der Waals surface area contributed by atoms with Crippen LogP contribution in [-0.4, -0.2) is 55.4 Å². The van der Waals surface area contributed by atoms with Crippen LogP contribution in [0.4, 0.5) is 0 Å². The molecule has 0 spiro atoms. The van der Waals surface area contributed by atoms with Crippen LogP contribution in [0.3, 0.4) is 0 Å². The van der Waals surface area contributed by atoms with E-state index in [2.05, 4.69) is 4.74 Å². The Hall–Kier alpha value is -0.660. The predicted octanol–water partition coefficient (Wildman–Crippen LogP) is -0.0279. The van der Waals surface area contributed by atoms with Gasteiger partial charge in [0.2, 0.25) is 10.0 Å². The van der Waals surface area contributed by atoms with Gasteiger partial charge in [0, 0.05) is 13.1 Å². The van der Waals surface area contributed by atoms with Gasteiger partial charge in [-0.15, -0.1) is 0 Å². The van der Waals surface area contributed by atoms with E-state index in [0.717, 1.165) is 4.31 Å². The molecule has 0 bridgehead atoms. The van der Waals surface area contributed by atoms with Gasteiger partial charge in [-0.05, 0) is 13.8 Å². The minimum atomic E-state index is -3.54. The SMILES string of the molecule is CCN(CC(C)(C)O)S(=O)(=O)CCC(=O)OC. The predicted molar refractivity (Wildman–Crippen MR) is 64.0 cm³/mol. The number of carbonyl (C=O) groups excluding carboxylic acids is 1. The van der Waals surface area contributed by atoms with Crippen molar-refractivity contribution in [2.75, 3.05) is 26.0 Å². The van der Waals surface area contributed by atoms with Gasteiger partial charge in [-0.2, -0.15) is 4.31 Å². The molecule has 0 saturated carbocycles. The normalized spacial score (nSPS) is 12.8. The highest BCUT2D eigenvalue weighted by atomic mass is 32.2. The molecule has 0 aromatic carbocycles. The fourth-order valence-corrected chi connectivity index (χ4v) is 2.87. The Morgan fingerprint density at radius 2 is 1.94 bits per heavy atom. The highest BCUT2D eigenvalue weighted by Crippen LogP contribution is 2.10. The summed E-state index contributed by atoms with van der Waals surface area (Å²) in [6.07, 6.45) is -0.179. The van der Waals surface area contributed by atoms with Crippen LogP contribution >= 0.6 is 0 Å². The molecule has 0 atom stereocenters. The van der Waals surface area contributed by atoms with Crippen LogP contribution in [0, 0.1) is 0 Å². The van der Waals surface area contributed by atoms with Gasteiger partial charge >= 0.3 is 5.97 Å². The third kappa shape index (κ3) is 6.60. The number of hydrogen-bond acceptors (Lipinski definition) is 5. The quantitative estimate of drug-likeness (QED) is 0.655. The average molecular weight is 267 g/mol. The summed E-state index contributed by atoms with van der Waals surface area (Å²) in [6.45, 7) is 5.01. The largest absolute Gasteiger partial charge is 0.469 e. The molecule has 0 aromatic heterocycles. The number of likely N-dealkylation sites (N-methyl/N-ethyl adjacent to an activating group) is 1. The molecule has 0 aromatic rings. The maximum absolute atomic E-state index is 11.9. The molecule has 0 saturated heterocycles. The summed E-state index contributed by atoms with van der Waals surface area (Å²) in [5.41, 5.74) is -1.10. The summed E-state index contributed by atoms with van der Waals surface area (Å²) in [6, 6.07) is 0. The van der Waals surface area contributed by atoms with Gasteiger partial charge in [0.1, 0.15) is 0 Å². The number of carbonyl (C=O) groups is 1. The molecule has 102 valence electrons. The van der Waals surface area contributed by atoms with Crippen molar-refractivity contribution in [1.29, 1.82) is 0 Å². The summed E-state index contributed by atoms with van der Waals surface area (Å²) in [5, 5.41) is 9.61. The molecule has 1 N–H and O–H groups in total. The van der Waals surface area contributed by atoms with Crippen molar-refractivity contribution in [3.63, 3.8) is 0 Å². The number of rotatable bonds is 7. The molecule has 0 radical (unpaired) electrons. The van der Waals surface area contributed by atoms with Gasteiger partial charge in [-0.25, -0.2) is 8.42 Å². The first-order valence-electron chi connectivity index (χ1n) is 5.39. The number of nitrogens with zero attached hydrogens (tertiary/aromatic N) is 1. The Kier molecular flexibility index (Phi) is 6.08. The van der Waals surface area contributed by atoms with Crippen LogP contribution in [0.15, 0.2) is 0 Å². The number of sulfonamides is 1. The van der Waals surface area contributed by atoms with Crippen molar-refractivity contribution >= 4 is 16.0 Å². The lowest BCUT2D eigenvalue weighted by atomic mass is 10.1. The Labute approximate surface area is 103 Å². The number of hydrogen-bond donors (Lipinski definition) is 1. The van der Waals surface area contributed by atoms with Crippen molar-refractivity contribution in [2.24, 2.45) is 0 Å². The smallest absolute Gasteiger partial charge is 0.306 e. The van der Waals surface area contributed by atoms with Crippen molar-refractivity contribution < 1.29 is 23.1 Å². The molecule has 0 aliphatic heterocycles. The molecule has 0 aliphatic carbocycles. The Morgan fingerprint density at radius 3 is 2.29 bits per heavy atom. The van der Waals surface area contributed by atoms with Crippen molar-refractivity contribution in [2.45, 2.75) is 32.8 Å². The van der Waals surface area contributed by atoms with Gasteiger partial charge in [-0.3, -0.25) is 4.79 Å². The second kappa shape index (κ2) is 6.32. The minimum absolute atomic E-state index is 0.00695. The van der Waals surface area contributed by atoms with E-state index in [-0.39, 0.29) is 25.3 Å². The monoisotopic (exact) mass is 267 g/mol. The Bertz CT molecular complexity index is 344. The van der Waals surface area contributed by atoms with E-state index in [1.165, 1.54) is 21.0 Å². The van der Waals surface area contributed by atoms with Crippen LogP contribution in [0.2, 0.25) is 0 Å². The highest BCUT2D eigenvalue weighted by molar-refractivity contribution is 7.89. The van der Waals surface area contributed by atoms with Crippen LogP contribution in [0.1, 0.15) is 27.2 Å². The second-order valence-electron chi connectivity index (χ2n) is 4.38. The van der Waals surface area contributed by atoms with Gasteiger partial charge in [-0.1, -0.05) is 6.92 Å². The fourth-order valence-electron chi connectivity index (χ4n) is 1.28. The molecule has 0 amide bonds. The number of ether oxygens (including phenoxy) is 1. The van der Waals surface area contributed by atoms with E-state index in [0.29, 0.717) is 0 Å². The van der Waals surface area contributed by atoms with Gasteiger partial charge < -0.3 is 9.84 Å². The van der Waals surface area contributed by atoms with Crippen molar-refractivity contribution in [3.8, 4) is 0 Å². The lowest BCUT2D eigenvalue weighted by molar-refractivity contribution is -0.140. The van der Waals surface area contributed by atoms with Gasteiger partial charge in [0.05, 0.1) is 24.9 Å². The molecule has 0 heterocycles. The maximum atomic E-state index is 11.9. The minimum Gasteiger partial charge on any atom is -0.469 e. The zero-order valence-electron chi connectivity index (χ0n) is 10.8. The van der Waals surface area contributed by atoms with Crippen molar-refractivity contribution in [3.05, 3.63) is 0 Å². The first-order chi connectivity index (χ1) is 7.62. The third-order valence-electron chi connectivity index (χ3n) is 2.10. The summed E-state index contributed by atoms with van der Waals surface area (Å²) in [4.78, 5) is 10.9. The molecular weight excluding hydrogens is 246 g/mol. The molecule has 0 unspecified atom stereocenters. The topological polar surface area (TPSA) is 83.9 Å². The van der Waals surface area contributed by atoms with Crippen molar-refractivity contribution in [1.82, 2.24) is 4.31 Å². The third-order valence-corrected chi connectivity index (χ3v) is 4.00. The zero-order valence-corrected chi connectivity index (χ0v) is 11.6. The van der Waals surface area contributed by atoms with Crippen LogP contribution < -0.4 is 0 Å². The van der Waals surface area contributed by atoms with E-state index in [4.69, 9.17) is 0 Å². The fraction of sp³-hybridized carbons (Fsp3) is 0.900. The van der Waals surface area contributed by atoms with Gasteiger partial charge in [0.15, 0.2) is 0 Å². The molecule has 17 heavy (non-hydrogen) atoms. The van der Waals surface area contributed by atoms with Gasteiger partial charge in [0.25, 0.3) is 0 Å². The molecule has 7 heteroatoms. The van der Waals surface area contributed by atoms with E-state index in [1.807, 2.05) is 0 Å². The molecule has 0 rings (SSSR count). The molecule has 0 fully saturated rings. The summed E-state index contributed by atoms with van der Waals surface area (Å²) >= 11 is 0. The highest BCUT2D eigenvalue weighted by Gasteiger charge is 2.27. The van der Waals surface area contributed by atoms with E-state index in [1.54, 1.807) is 6.92 Å². The maximum Gasteiger partial charge on any atom is 0.306 e. The summed E-state index contributed by atoms with van der Waals surface area (Å²) in [7, 11) is -2.33. The average Bonchev–Trinajstić information content (AvgIpc) is 2.21. The number of aliphatic hydroxyl groups is 1. The van der Waals surface area contributed by atoms with E-state index >= 15 is 0 Å².